The van der Waals surface area contributed by atoms with E-state index in [9.17, 15) is 9.59 Å². The van der Waals surface area contributed by atoms with Crippen molar-refractivity contribution in [1.82, 2.24) is 0 Å². The molecule has 0 saturated heterocycles. The Balaban J connectivity index is 2.40. The van der Waals surface area contributed by atoms with Gasteiger partial charge in [-0.1, -0.05) is 49.0 Å². The zero-order chi connectivity index (χ0) is 16.8. The molecule has 1 aromatic carbocycles. The quantitative estimate of drug-likeness (QED) is 0.815. The third-order valence-electron chi connectivity index (χ3n) is 2.89. The van der Waals surface area contributed by atoms with Gasteiger partial charge >= 0.3 is 5.97 Å². The van der Waals surface area contributed by atoms with Crippen molar-refractivity contribution >= 4 is 22.8 Å². The number of carbonyl (C=O) groups is 2. The fourth-order valence-electron chi connectivity index (χ4n) is 1.74. The molecule has 2 N–H and O–H groups in total. The maximum atomic E-state index is 12.0. The molecule has 1 unspecified atom stereocenters. The van der Waals surface area contributed by atoms with Crippen molar-refractivity contribution in [3.63, 3.8) is 0 Å². The molecule has 0 radical (unpaired) electrons. The molecular weight excluding hydrogens is 298 g/mol. The van der Waals surface area contributed by atoms with Gasteiger partial charge in [-0.05, 0) is 32.8 Å². The van der Waals surface area contributed by atoms with Gasteiger partial charge in [0.2, 0.25) is 5.12 Å². The molecule has 0 aromatic heterocycles. The zero-order valence-electron chi connectivity index (χ0n) is 13.7. The summed E-state index contributed by atoms with van der Waals surface area (Å²) in [5.74, 6) is -0.238. The van der Waals surface area contributed by atoms with Gasteiger partial charge in [0.1, 0.15) is 5.60 Å². The maximum Gasteiger partial charge on any atom is 0.310 e. The lowest BCUT2D eigenvalue weighted by Gasteiger charge is -2.22. The first kappa shape index (κ1) is 18.7. The van der Waals surface area contributed by atoms with Gasteiger partial charge in [-0.2, -0.15) is 0 Å². The van der Waals surface area contributed by atoms with Crippen molar-refractivity contribution < 1.29 is 14.3 Å². The van der Waals surface area contributed by atoms with Gasteiger partial charge in [-0.15, -0.1) is 0 Å². The van der Waals surface area contributed by atoms with E-state index in [4.69, 9.17) is 10.5 Å². The first-order valence-electron chi connectivity index (χ1n) is 7.38. The predicted molar refractivity (Wildman–Crippen MR) is 90.6 cm³/mol. The van der Waals surface area contributed by atoms with E-state index in [2.05, 4.69) is 0 Å². The molecule has 0 aliphatic rings. The highest BCUT2D eigenvalue weighted by Gasteiger charge is 2.23. The lowest BCUT2D eigenvalue weighted by atomic mass is 10.1. The first-order valence-corrected chi connectivity index (χ1v) is 8.36. The second kappa shape index (κ2) is 8.34. The summed E-state index contributed by atoms with van der Waals surface area (Å²) in [5, 5.41) is -0.0979. The largest absolute Gasteiger partial charge is 0.460 e. The molecule has 22 heavy (non-hydrogen) atoms. The lowest BCUT2D eigenvalue weighted by molar-refractivity contribution is -0.158. The zero-order valence-corrected chi connectivity index (χ0v) is 14.5. The Morgan fingerprint density at radius 3 is 2.36 bits per heavy atom. The highest BCUT2D eigenvalue weighted by molar-refractivity contribution is 8.13. The number of ether oxygens (including phenoxy) is 1. The van der Waals surface area contributed by atoms with Crippen LogP contribution in [-0.2, 0) is 20.7 Å². The third-order valence-corrected chi connectivity index (χ3v) is 4.14. The van der Waals surface area contributed by atoms with Crippen LogP contribution in [-0.4, -0.2) is 28.5 Å². The van der Waals surface area contributed by atoms with Crippen molar-refractivity contribution in [2.75, 3.05) is 5.75 Å². The Kier molecular flexibility index (Phi) is 7.10. The van der Waals surface area contributed by atoms with Crippen LogP contribution in [0.15, 0.2) is 30.3 Å². The number of esters is 1. The van der Waals surface area contributed by atoms with Crippen molar-refractivity contribution in [3.8, 4) is 0 Å². The average molecular weight is 323 g/mol. The molecule has 0 heterocycles. The highest BCUT2D eigenvalue weighted by Crippen LogP contribution is 2.17. The monoisotopic (exact) mass is 323 g/mol. The van der Waals surface area contributed by atoms with Crippen LogP contribution in [0.4, 0.5) is 0 Å². The SMILES string of the molecule is CC(CSC(=O)[C@@H](N)Cc1ccccc1)C(=O)OC(C)(C)C. The standard InChI is InChI=1S/C17H25NO3S/c1-12(15(19)21-17(2,3)4)11-22-16(20)14(18)10-13-8-6-5-7-9-13/h5-9,12,14H,10-11,18H2,1-4H3/t12?,14-/m0/s1. The minimum atomic E-state index is -0.557. The molecule has 0 aliphatic carbocycles. The van der Waals surface area contributed by atoms with Crippen LogP contribution in [0, 0.1) is 5.92 Å². The topological polar surface area (TPSA) is 69.4 Å². The van der Waals surface area contributed by atoms with Crippen LogP contribution < -0.4 is 5.73 Å². The van der Waals surface area contributed by atoms with E-state index in [1.165, 1.54) is 0 Å². The van der Waals surface area contributed by atoms with Crippen LogP contribution >= 0.6 is 11.8 Å². The van der Waals surface area contributed by atoms with Gasteiger partial charge in [0.25, 0.3) is 0 Å². The Morgan fingerprint density at radius 2 is 1.82 bits per heavy atom. The number of benzene rings is 1. The van der Waals surface area contributed by atoms with Gasteiger partial charge in [-0.3, -0.25) is 9.59 Å². The number of hydrogen-bond donors (Lipinski definition) is 1. The van der Waals surface area contributed by atoms with Gasteiger partial charge < -0.3 is 10.5 Å². The summed E-state index contributed by atoms with van der Waals surface area (Å²) >= 11 is 1.10. The Labute approximate surface area is 136 Å². The Morgan fingerprint density at radius 1 is 1.23 bits per heavy atom. The molecule has 122 valence electrons. The predicted octanol–water partition coefficient (Wildman–Crippen LogP) is 2.79. The van der Waals surface area contributed by atoms with Crippen LogP contribution in [0.5, 0.6) is 0 Å². The molecule has 0 saturated carbocycles. The molecule has 0 amide bonds. The third kappa shape index (κ3) is 7.09. The molecule has 1 aromatic rings. The highest BCUT2D eigenvalue weighted by atomic mass is 32.2. The fourth-order valence-corrected chi connectivity index (χ4v) is 2.58. The fraction of sp³-hybridized carbons (Fsp3) is 0.529. The normalized spacial score (nSPS) is 14.2. The van der Waals surface area contributed by atoms with E-state index in [-0.39, 0.29) is 17.0 Å². The van der Waals surface area contributed by atoms with Crippen LogP contribution in [0.3, 0.4) is 0 Å². The molecule has 1 rings (SSSR count). The van der Waals surface area contributed by atoms with Gasteiger partial charge in [0, 0.05) is 5.75 Å². The van der Waals surface area contributed by atoms with E-state index in [1.807, 2.05) is 51.1 Å². The van der Waals surface area contributed by atoms with E-state index in [1.54, 1.807) is 6.92 Å². The smallest absolute Gasteiger partial charge is 0.310 e. The number of rotatable bonds is 6. The summed E-state index contributed by atoms with van der Waals surface area (Å²) in [4.78, 5) is 23.9. The summed E-state index contributed by atoms with van der Waals surface area (Å²) in [7, 11) is 0. The van der Waals surface area contributed by atoms with Crippen molar-refractivity contribution in [3.05, 3.63) is 35.9 Å². The van der Waals surface area contributed by atoms with E-state index < -0.39 is 11.6 Å². The minimum absolute atomic E-state index is 0.0979. The number of carbonyl (C=O) groups excluding carboxylic acids is 2. The molecule has 0 bridgehead atoms. The second-order valence-electron chi connectivity index (χ2n) is 6.36. The number of hydrogen-bond acceptors (Lipinski definition) is 5. The lowest BCUT2D eigenvalue weighted by Crippen LogP contribution is -2.32. The van der Waals surface area contributed by atoms with E-state index >= 15 is 0 Å². The summed E-state index contributed by atoms with van der Waals surface area (Å²) < 4.78 is 5.29. The molecule has 2 atom stereocenters. The van der Waals surface area contributed by atoms with Gasteiger partial charge in [0.05, 0.1) is 12.0 Å². The van der Waals surface area contributed by atoms with Gasteiger partial charge in [-0.25, -0.2) is 0 Å². The van der Waals surface area contributed by atoms with Crippen molar-refractivity contribution in [1.29, 1.82) is 0 Å². The van der Waals surface area contributed by atoms with Crippen molar-refractivity contribution in [2.24, 2.45) is 11.7 Å². The number of thioether (sulfide) groups is 1. The van der Waals surface area contributed by atoms with Gasteiger partial charge in [0.15, 0.2) is 0 Å². The minimum Gasteiger partial charge on any atom is -0.460 e. The molecule has 0 aliphatic heterocycles. The average Bonchev–Trinajstić information content (AvgIpc) is 2.43. The summed E-state index contributed by atoms with van der Waals surface area (Å²) in [6, 6.07) is 9.10. The Hall–Kier alpha value is -1.33. The number of nitrogens with two attached hydrogens (primary N) is 1. The van der Waals surface area contributed by atoms with E-state index in [0.717, 1.165) is 17.3 Å². The first-order chi connectivity index (χ1) is 10.2. The maximum absolute atomic E-state index is 12.0. The summed E-state index contributed by atoms with van der Waals surface area (Å²) in [5.41, 5.74) is 6.45. The molecule has 4 nitrogen and oxygen atoms in total. The molecule has 0 fully saturated rings. The van der Waals surface area contributed by atoms with E-state index in [0.29, 0.717) is 12.2 Å². The summed E-state index contributed by atoms with van der Waals surface area (Å²) in [6.45, 7) is 7.24. The summed E-state index contributed by atoms with van der Waals surface area (Å²) in [6.07, 6.45) is 0.507. The molecular formula is C17H25NO3S. The Bertz CT molecular complexity index is 496. The van der Waals surface area contributed by atoms with Crippen LogP contribution in [0.2, 0.25) is 0 Å². The van der Waals surface area contributed by atoms with Crippen LogP contribution in [0.1, 0.15) is 33.3 Å². The second-order valence-corrected chi connectivity index (χ2v) is 7.39. The van der Waals surface area contributed by atoms with Crippen molar-refractivity contribution in [2.45, 2.75) is 45.8 Å². The molecule has 0 spiro atoms. The molecule has 5 heteroatoms. The van der Waals surface area contributed by atoms with Crippen LogP contribution in [0.25, 0.3) is 0 Å².